The lowest BCUT2D eigenvalue weighted by Crippen LogP contribution is -2.50. The van der Waals surface area contributed by atoms with E-state index in [0.717, 1.165) is 52.1 Å². The van der Waals surface area contributed by atoms with Crippen molar-refractivity contribution in [3.05, 3.63) is 54.4 Å². The second kappa shape index (κ2) is 10.0. The molecule has 1 unspecified atom stereocenters. The lowest BCUT2D eigenvalue weighted by molar-refractivity contribution is -0.127. The summed E-state index contributed by atoms with van der Waals surface area (Å²) in [6.45, 7) is 6.78. The second-order valence-corrected chi connectivity index (χ2v) is 8.39. The largest absolute Gasteiger partial charge is 0.354 e. The molecule has 1 amide bonds. The van der Waals surface area contributed by atoms with Crippen molar-refractivity contribution in [1.82, 2.24) is 24.9 Å². The Labute approximate surface area is 173 Å². The smallest absolute Gasteiger partial charge is 0.224 e. The van der Waals surface area contributed by atoms with Crippen LogP contribution in [0.3, 0.4) is 0 Å². The highest BCUT2D eigenvalue weighted by molar-refractivity contribution is 5.78. The predicted octanol–water partition coefficient (Wildman–Crippen LogP) is 2.38. The van der Waals surface area contributed by atoms with Gasteiger partial charge in [-0.15, -0.1) is 0 Å². The molecule has 1 aromatic heterocycles. The number of hydrogen-bond acceptors (Lipinski definition) is 4. The Morgan fingerprint density at radius 3 is 2.66 bits per heavy atom. The Bertz CT molecular complexity index is 740. The molecule has 29 heavy (non-hydrogen) atoms. The fraction of sp³-hybridized carbons (Fsp3) is 0.565. The number of aromatic nitrogens is 2. The number of piperidine rings is 2. The minimum Gasteiger partial charge on any atom is -0.354 e. The summed E-state index contributed by atoms with van der Waals surface area (Å²) in [4.78, 5) is 17.8. The van der Waals surface area contributed by atoms with E-state index in [-0.39, 0.29) is 11.8 Å². The third-order valence-electron chi connectivity index (χ3n) is 6.35. The van der Waals surface area contributed by atoms with Gasteiger partial charge in [-0.1, -0.05) is 30.3 Å². The van der Waals surface area contributed by atoms with E-state index in [1.54, 1.807) is 6.20 Å². The van der Waals surface area contributed by atoms with Crippen molar-refractivity contribution in [1.29, 1.82) is 0 Å². The first-order chi connectivity index (χ1) is 14.3. The van der Waals surface area contributed by atoms with Gasteiger partial charge in [-0.05, 0) is 56.9 Å². The lowest BCUT2D eigenvalue weighted by Gasteiger charge is -2.42. The highest BCUT2D eigenvalue weighted by Crippen LogP contribution is 2.24. The van der Waals surface area contributed by atoms with Crippen LogP contribution in [-0.4, -0.2) is 64.3 Å². The van der Waals surface area contributed by atoms with Gasteiger partial charge >= 0.3 is 0 Å². The van der Waals surface area contributed by atoms with E-state index in [4.69, 9.17) is 0 Å². The van der Waals surface area contributed by atoms with Gasteiger partial charge in [-0.25, -0.2) is 0 Å². The van der Waals surface area contributed by atoms with Crippen molar-refractivity contribution >= 4 is 5.91 Å². The van der Waals surface area contributed by atoms with Crippen LogP contribution in [0.4, 0.5) is 0 Å². The quantitative estimate of drug-likeness (QED) is 0.782. The van der Waals surface area contributed by atoms with Crippen LogP contribution < -0.4 is 5.32 Å². The fourth-order valence-corrected chi connectivity index (χ4v) is 4.71. The number of nitrogens with zero attached hydrogens (tertiary/aromatic N) is 4. The van der Waals surface area contributed by atoms with Crippen molar-refractivity contribution < 1.29 is 4.79 Å². The average molecular weight is 396 g/mol. The molecular weight excluding hydrogens is 362 g/mol. The number of benzene rings is 1. The van der Waals surface area contributed by atoms with E-state index in [9.17, 15) is 4.79 Å². The van der Waals surface area contributed by atoms with Crippen LogP contribution in [-0.2, 0) is 17.9 Å². The maximum absolute atomic E-state index is 12.6. The molecule has 6 nitrogen and oxygen atoms in total. The van der Waals surface area contributed by atoms with Gasteiger partial charge < -0.3 is 5.32 Å². The monoisotopic (exact) mass is 395 g/mol. The highest BCUT2D eigenvalue weighted by Gasteiger charge is 2.31. The van der Waals surface area contributed by atoms with E-state index in [0.29, 0.717) is 12.6 Å². The molecule has 0 saturated carbocycles. The van der Waals surface area contributed by atoms with E-state index >= 15 is 0 Å². The van der Waals surface area contributed by atoms with Gasteiger partial charge in [0.15, 0.2) is 0 Å². The highest BCUT2D eigenvalue weighted by atomic mass is 16.1. The molecule has 1 atom stereocenters. The zero-order valence-corrected chi connectivity index (χ0v) is 17.2. The van der Waals surface area contributed by atoms with Gasteiger partial charge in [0.25, 0.3) is 0 Å². The lowest BCUT2D eigenvalue weighted by atomic mass is 9.93. The van der Waals surface area contributed by atoms with Gasteiger partial charge in [0.2, 0.25) is 5.91 Å². The van der Waals surface area contributed by atoms with E-state index in [2.05, 4.69) is 50.5 Å². The maximum Gasteiger partial charge on any atom is 0.224 e. The molecule has 1 aromatic carbocycles. The molecule has 6 heteroatoms. The minimum atomic E-state index is 0.128. The Morgan fingerprint density at radius 1 is 1.07 bits per heavy atom. The fourth-order valence-electron chi connectivity index (χ4n) is 4.71. The normalized spacial score (nSPS) is 21.9. The third kappa shape index (κ3) is 5.67. The zero-order valence-electron chi connectivity index (χ0n) is 17.2. The number of nitrogens with one attached hydrogen (secondary N) is 1. The van der Waals surface area contributed by atoms with Crippen LogP contribution in [0.25, 0.3) is 0 Å². The molecule has 1 N–H and O–H groups in total. The summed E-state index contributed by atoms with van der Waals surface area (Å²) >= 11 is 0. The van der Waals surface area contributed by atoms with Crippen molar-refractivity contribution in [2.75, 3.05) is 32.7 Å². The molecule has 3 heterocycles. The molecule has 156 valence electrons. The van der Waals surface area contributed by atoms with E-state index in [1.165, 1.54) is 18.4 Å². The first-order valence-electron chi connectivity index (χ1n) is 11.0. The van der Waals surface area contributed by atoms with Crippen LogP contribution in [0.5, 0.6) is 0 Å². The molecule has 2 aliphatic rings. The second-order valence-electron chi connectivity index (χ2n) is 8.39. The average Bonchev–Trinajstić information content (AvgIpc) is 3.29. The van der Waals surface area contributed by atoms with E-state index < -0.39 is 0 Å². The molecule has 2 aliphatic heterocycles. The first kappa shape index (κ1) is 20.1. The van der Waals surface area contributed by atoms with Gasteiger partial charge in [0.1, 0.15) is 0 Å². The van der Waals surface area contributed by atoms with Crippen LogP contribution in [0.1, 0.15) is 31.2 Å². The van der Waals surface area contributed by atoms with Gasteiger partial charge in [0.05, 0.1) is 12.5 Å². The van der Waals surface area contributed by atoms with Crippen molar-refractivity contribution in [3.63, 3.8) is 0 Å². The van der Waals surface area contributed by atoms with E-state index in [1.807, 2.05) is 16.9 Å². The number of carbonyl (C=O) groups excluding carboxylic acids is 1. The topological polar surface area (TPSA) is 53.4 Å². The molecule has 4 rings (SSSR count). The van der Waals surface area contributed by atoms with Crippen molar-refractivity contribution in [2.45, 2.75) is 44.8 Å². The number of hydrogen-bond donors (Lipinski definition) is 1. The molecule has 2 aromatic rings. The Hall–Kier alpha value is -2.18. The van der Waals surface area contributed by atoms with Gasteiger partial charge in [-0.2, -0.15) is 5.10 Å². The molecule has 2 fully saturated rings. The summed E-state index contributed by atoms with van der Waals surface area (Å²) in [7, 11) is 0. The Balaban J connectivity index is 1.20. The van der Waals surface area contributed by atoms with Crippen LogP contribution in [0, 0.1) is 5.92 Å². The standard InChI is InChI=1S/C23H33N5O/c29-23(24-12-17-28-14-5-11-25-28)21-8-4-13-27(19-21)22-9-15-26(16-10-22)18-20-6-2-1-3-7-20/h1-3,5-7,11,14,21-22H,4,8-10,12-13,15-19H2,(H,24,29). The van der Waals surface area contributed by atoms with Crippen molar-refractivity contribution in [2.24, 2.45) is 5.92 Å². The maximum atomic E-state index is 12.6. The number of amides is 1. The molecule has 2 saturated heterocycles. The van der Waals surface area contributed by atoms with Crippen LogP contribution in [0.2, 0.25) is 0 Å². The summed E-state index contributed by atoms with van der Waals surface area (Å²) in [6, 6.07) is 13.3. The summed E-state index contributed by atoms with van der Waals surface area (Å²) in [6.07, 6.45) is 8.25. The molecule has 0 radical (unpaired) electrons. The SMILES string of the molecule is O=C(NCCn1cccn1)C1CCCN(C2CCN(Cc3ccccc3)CC2)C1. The molecule has 0 aliphatic carbocycles. The summed E-state index contributed by atoms with van der Waals surface area (Å²) in [5.74, 6) is 0.340. The molecule has 0 spiro atoms. The summed E-state index contributed by atoms with van der Waals surface area (Å²) in [5.41, 5.74) is 1.40. The van der Waals surface area contributed by atoms with Gasteiger partial charge in [0, 0.05) is 38.1 Å². The van der Waals surface area contributed by atoms with Crippen LogP contribution in [0.15, 0.2) is 48.8 Å². The van der Waals surface area contributed by atoms with Crippen LogP contribution >= 0.6 is 0 Å². The summed E-state index contributed by atoms with van der Waals surface area (Å²) < 4.78 is 1.86. The number of rotatable bonds is 7. The predicted molar refractivity (Wildman–Crippen MR) is 114 cm³/mol. The minimum absolute atomic E-state index is 0.128. The van der Waals surface area contributed by atoms with Crippen molar-refractivity contribution in [3.8, 4) is 0 Å². The summed E-state index contributed by atoms with van der Waals surface area (Å²) in [5, 5.41) is 7.30. The molecule has 0 bridgehead atoms. The zero-order chi connectivity index (χ0) is 19.9. The number of carbonyl (C=O) groups is 1. The molecular formula is C23H33N5O. The number of likely N-dealkylation sites (tertiary alicyclic amines) is 2. The Morgan fingerprint density at radius 2 is 1.90 bits per heavy atom. The Kier molecular flexibility index (Phi) is 6.96. The third-order valence-corrected chi connectivity index (χ3v) is 6.35. The van der Waals surface area contributed by atoms with Gasteiger partial charge in [-0.3, -0.25) is 19.3 Å². The first-order valence-corrected chi connectivity index (χ1v) is 11.0.